The Bertz CT molecular complexity index is 797. The van der Waals surface area contributed by atoms with Crippen molar-refractivity contribution in [1.29, 1.82) is 0 Å². The van der Waals surface area contributed by atoms with Crippen LogP contribution in [0.1, 0.15) is 38.5 Å². The fourth-order valence-corrected chi connectivity index (χ4v) is 4.14. The van der Waals surface area contributed by atoms with Gasteiger partial charge in [-0.15, -0.1) is 5.10 Å². The Labute approximate surface area is 174 Å². The van der Waals surface area contributed by atoms with E-state index >= 15 is 0 Å². The third-order valence-corrected chi connectivity index (χ3v) is 5.93. The fraction of sp³-hybridized carbons (Fsp3) is 0.667. The largest absolute Gasteiger partial charge is 0.468 e. The average Bonchev–Trinajstić information content (AvgIpc) is 3.27. The van der Waals surface area contributed by atoms with E-state index in [1.54, 1.807) is 11.0 Å². The van der Waals surface area contributed by atoms with E-state index in [2.05, 4.69) is 34.6 Å². The zero-order valence-corrected chi connectivity index (χ0v) is 17.5. The molecule has 4 heterocycles. The van der Waals surface area contributed by atoms with Crippen LogP contribution in [0.3, 0.4) is 0 Å². The third kappa shape index (κ3) is 4.95. The highest BCUT2D eigenvalue weighted by Crippen LogP contribution is 2.22. The number of aromatic nitrogens is 6. The van der Waals surface area contributed by atoms with Gasteiger partial charge in [0, 0.05) is 26.2 Å². The lowest BCUT2D eigenvalue weighted by Crippen LogP contribution is -2.34. The van der Waals surface area contributed by atoms with Crippen molar-refractivity contribution in [2.45, 2.75) is 43.7 Å². The van der Waals surface area contributed by atoms with Gasteiger partial charge in [0.1, 0.15) is 6.33 Å². The molecule has 11 heteroatoms. The number of carbonyl (C=O) groups is 1. The van der Waals surface area contributed by atoms with Crippen molar-refractivity contribution in [3.8, 4) is 5.95 Å². The summed E-state index contributed by atoms with van der Waals surface area (Å²) < 4.78 is 6.22. The van der Waals surface area contributed by atoms with Crippen LogP contribution in [0.5, 0.6) is 0 Å². The van der Waals surface area contributed by atoms with Crippen LogP contribution in [-0.2, 0) is 9.53 Å². The molecule has 0 bridgehead atoms. The number of carbonyl (C=O) groups excluding carboxylic acids is 1. The molecule has 0 spiro atoms. The SMILES string of the molecule is COC(=O)CSc1ncn(-c2nc(N3CCCCC3)nc(N3CCCCC3)n2)n1. The highest BCUT2D eigenvalue weighted by Gasteiger charge is 2.21. The molecular formula is C18H26N8O2S. The normalized spacial score (nSPS) is 17.4. The van der Waals surface area contributed by atoms with Gasteiger partial charge in [-0.1, -0.05) is 11.8 Å². The maximum absolute atomic E-state index is 11.4. The number of methoxy groups -OCH3 is 1. The molecule has 0 unspecified atom stereocenters. The summed E-state index contributed by atoms with van der Waals surface area (Å²) in [5.74, 6) is 1.71. The van der Waals surface area contributed by atoms with Crippen LogP contribution in [0.2, 0.25) is 0 Å². The Balaban J connectivity index is 1.61. The number of thioether (sulfide) groups is 1. The predicted octanol–water partition coefficient (Wildman–Crippen LogP) is 1.70. The number of nitrogens with zero attached hydrogens (tertiary/aromatic N) is 8. The quantitative estimate of drug-likeness (QED) is 0.509. The molecule has 29 heavy (non-hydrogen) atoms. The molecule has 0 saturated carbocycles. The van der Waals surface area contributed by atoms with Crippen molar-refractivity contribution >= 4 is 29.6 Å². The number of anilines is 2. The average molecular weight is 419 g/mol. The summed E-state index contributed by atoms with van der Waals surface area (Å²) >= 11 is 1.22. The van der Waals surface area contributed by atoms with Gasteiger partial charge in [0.25, 0.3) is 5.95 Å². The number of esters is 1. The van der Waals surface area contributed by atoms with Crippen molar-refractivity contribution in [2.24, 2.45) is 0 Å². The minimum Gasteiger partial charge on any atom is -0.468 e. The zero-order valence-electron chi connectivity index (χ0n) is 16.7. The van der Waals surface area contributed by atoms with Crippen LogP contribution in [-0.4, -0.2) is 74.7 Å². The van der Waals surface area contributed by atoms with Crippen LogP contribution < -0.4 is 9.80 Å². The Morgan fingerprint density at radius 2 is 1.48 bits per heavy atom. The van der Waals surface area contributed by atoms with Gasteiger partial charge in [0.15, 0.2) is 0 Å². The van der Waals surface area contributed by atoms with Crippen LogP contribution in [0.4, 0.5) is 11.9 Å². The number of piperidine rings is 2. The van der Waals surface area contributed by atoms with Gasteiger partial charge in [-0.2, -0.15) is 19.6 Å². The highest BCUT2D eigenvalue weighted by atomic mass is 32.2. The number of ether oxygens (including phenoxy) is 1. The molecule has 2 aromatic rings. The lowest BCUT2D eigenvalue weighted by Gasteiger charge is -2.30. The van der Waals surface area contributed by atoms with Crippen molar-refractivity contribution in [3.05, 3.63) is 6.33 Å². The minimum atomic E-state index is -0.314. The van der Waals surface area contributed by atoms with Crippen LogP contribution in [0.15, 0.2) is 11.5 Å². The van der Waals surface area contributed by atoms with Gasteiger partial charge in [-0.3, -0.25) is 4.79 Å². The molecule has 2 saturated heterocycles. The van der Waals surface area contributed by atoms with E-state index in [1.807, 2.05) is 0 Å². The Kier molecular flexibility index (Phi) is 6.43. The van der Waals surface area contributed by atoms with Gasteiger partial charge >= 0.3 is 5.97 Å². The maximum Gasteiger partial charge on any atom is 0.316 e. The first kappa shape index (κ1) is 19.9. The summed E-state index contributed by atoms with van der Waals surface area (Å²) in [6.07, 6.45) is 8.67. The van der Waals surface area contributed by atoms with Gasteiger partial charge in [0.05, 0.1) is 12.9 Å². The van der Waals surface area contributed by atoms with Gasteiger partial charge < -0.3 is 14.5 Å². The zero-order chi connectivity index (χ0) is 20.1. The van der Waals surface area contributed by atoms with Crippen molar-refractivity contribution < 1.29 is 9.53 Å². The molecule has 2 aromatic heterocycles. The van der Waals surface area contributed by atoms with E-state index in [4.69, 9.17) is 4.98 Å². The summed E-state index contributed by atoms with van der Waals surface area (Å²) in [4.78, 5) is 34.2. The van der Waals surface area contributed by atoms with Crippen molar-refractivity contribution in [3.63, 3.8) is 0 Å². The second-order valence-electron chi connectivity index (χ2n) is 7.17. The first-order valence-electron chi connectivity index (χ1n) is 10.1. The number of hydrogen-bond donors (Lipinski definition) is 0. The van der Waals surface area contributed by atoms with Crippen LogP contribution >= 0.6 is 11.8 Å². The lowest BCUT2D eigenvalue weighted by molar-refractivity contribution is -0.137. The molecule has 0 radical (unpaired) electrons. The monoisotopic (exact) mass is 418 g/mol. The maximum atomic E-state index is 11.4. The minimum absolute atomic E-state index is 0.162. The lowest BCUT2D eigenvalue weighted by atomic mass is 10.1. The van der Waals surface area contributed by atoms with Gasteiger partial charge in [0.2, 0.25) is 17.1 Å². The van der Waals surface area contributed by atoms with E-state index in [0.29, 0.717) is 23.0 Å². The molecule has 10 nitrogen and oxygen atoms in total. The molecule has 0 amide bonds. The van der Waals surface area contributed by atoms with E-state index in [-0.39, 0.29) is 11.7 Å². The first-order chi connectivity index (χ1) is 14.2. The third-order valence-electron chi connectivity index (χ3n) is 5.10. The molecule has 2 aliphatic rings. The summed E-state index contributed by atoms with van der Waals surface area (Å²) in [6, 6.07) is 0. The molecule has 0 N–H and O–H groups in total. The molecular weight excluding hydrogens is 392 g/mol. The number of hydrogen-bond acceptors (Lipinski definition) is 10. The molecule has 2 aliphatic heterocycles. The molecule has 156 valence electrons. The smallest absolute Gasteiger partial charge is 0.316 e. The Hall–Kier alpha value is -2.43. The summed E-state index contributed by atoms with van der Waals surface area (Å²) in [7, 11) is 1.37. The fourth-order valence-electron chi connectivity index (χ4n) is 3.51. The second-order valence-corrected chi connectivity index (χ2v) is 8.11. The summed E-state index contributed by atoms with van der Waals surface area (Å²) in [5.41, 5.74) is 0. The molecule has 2 fully saturated rings. The highest BCUT2D eigenvalue weighted by molar-refractivity contribution is 7.99. The van der Waals surface area contributed by atoms with E-state index in [0.717, 1.165) is 51.9 Å². The molecule has 0 atom stereocenters. The molecule has 0 aliphatic carbocycles. The summed E-state index contributed by atoms with van der Waals surface area (Å²) in [6.45, 7) is 3.84. The molecule has 0 aromatic carbocycles. The second kappa shape index (κ2) is 9.38. The van der Waals surface area contributed by atoms with Crippen LogP contribution in [0.25, 0.3) is 5.95 Å². The Morgan fingerprint density at radius 3 is 2.03 bits per heavy atom. The van der Waals surface area contributed by atoms with E-state index in [9.17, 15) is 4.79 Å². The van der Waals surface area contributed by atoms with Crippen molar-refractivity contribution in [1.82, 2.24) is 29.7 Å². The van der Waals surface area contributed by atoms with Crippen molar-refractivity contribution in [2.75, 3.05) is 48.8 Å². The van der Waals surface area contributed by atoms with E-state index < -0.39 is 0 Å². The molecule has 4 rings (SSSR count). The van der Waals surface area contributed by atoms with E-state index in [1.165, 1.54) is 31.7 Å². The van der Waals surface area contributed by atoms with Gasteiger partial charge in [-0.05, 0) is 38.5 Å². The topological polar surface area (TPSA) is 102 Å². The Morgan fingerprint density at radius 1 is 0.931 bits per heavy atom. The predicted molar refractivity (Wildman–Crippen MR) is 110 cm³/mol. The summed E-state index contributed by atoms with van der Waals surface area (Å²) in [5, 5.41) is 4.91. The van der Waals surface area contributed by atoms with Crippen LogP contribution in [0, 0.1) is 0 Å². The standard InChI is InChI=1S/C18H26N8O2S/c1-28-14(27)12-29-18-19-13-26(23-18)17-21-15(24-8-4-2-5-9-24)20-16(22-17)25-10-6-3-7-11-25/h13H,2-12H2,1H3. The van der Waals surface area contributed by atoms with Gasteiger partial charge in [-0.25, -0.2) is 4.98 Å². The number of rotatable bonds is 6. The first-order valence-corrected chi connectivity index (χ1v) is 11.1.